The first-order valence-corrected chi connectivity index (χ1v) is 8.05. The summed E-state index contributed by atoms with van der Waals surface area (Å²) in [5.74, 6) is -0.255. The third-order valence-corrected chi connectivity index (χ3v) is 4.18. The van der Waals surface area contributed by atoms with Crippen LogP contribution in [0.4, 0.5) is 24.5 Å². The van der Waals surface area contributed by atoms with Crippen molar-refractivity contribution in [1.82, 2.24) is 5.16 Å². The molecule has 1 amide bonds. The van der Waals surface area contributed by atoms with Crippen LogP contribution in [-0.4, -0.2) is 37.4 Å². The van der Waals surface area contributed by atoms with Gasteiger partial charge in [-0.15, -0.1) is 0 Å². The van der Waals surface area contributed by atoms with Crippen LogP contribution in [-0.2, 0) is 10.9 Å². The number of carbonyl (C=O) groups excluding carboxylic acids is 1. The van der Waals surface area contributed by atoms with E-state index in [1.165, 1.54) is 6.07 Å². The Kier molecular flexibility index (Phi) is 4.90. The summed E-state index contributed by atoms with van der Waals surface area (Å²) in [7, 11) is 0. The molecule has 0 unspecified atom stereocenters. The largest absolute Gasteiger partial charge is 0.416 e. The molecule has 2 heterocycles. The highest BCUT2D eigenvalue weighted by Gasteiger charge is 2.32. The molecule has 0 bridgehead atoms. The molecule has 1 fully saturated rings. The summed E-state index contributed by atoms with van der Waals surface area (Å²) >= 11 is 0. The van der Waals surface area contributed by atoms with Gasteiger partial charge in [-0.05, 0) is 32.0 Å². The van der Waals surface area contributed by atoms with Crippen LogP contribution in [0.15, 0.2) is 22.7 Å². The van der Waals surface area contributed by atoms with Gasteiger partial charge in [0, 0.05) is 13.1 Å². The second kappa shape index (κ2) is 6.99. The van der Waals surface area contributed by atoms with Crippen molar-refractivity contribution in [2.45, 2.75) is 20.0 Å². The zero-order valence-electron chi connectivity index (χ0n) is 14.3. The molecule has 2 aromatic rings. The number of carbonyl (C=O) groups is 1. The van der Waals surface area contributed by atoms with E-state index in [9.17, 15) is 18.0 Å². The van der Waals surface area contributed by atoms with Crippen LogP contribution in [0.3, 0.4) is 0 Å². The number of rotatable bonds is 3. The molecule has 0 atom stereocenters. The van der Waals surface area contributed by atoms with Crippen molar-refractivity contribution in [2.24, 2.45) is 0 Å². The summed E-state index contributed by atoms with van der Waals surface area (Å²) in [6.07, 6.45) is -4.51. The summed E-state index contributed by atoms with van der Waals surface area (Å²) in [6, 6.07) is 3.33. The Morgan fingerprint density at radius 2 is 1.92 bits per heavy atom. The Bertz CT molecular complexity index is 792. The van der Waals surface area contributed by atoms with E-state index in [0.29, 0.717) is 43.4 Å². The summed E-state index contributed by atoms with van der Waals surface area (Å²) in [5.41, 5.74) is 0.368. The van der Waals surface area contributed by atoms with Crippen molar-refractivity contribution >= 4 is 17.3 Å². The maximum atomic E-state index is 13.1. The van der Waals surface area contributed by atoms with Crippen molar-refractivity contribution in [2.75, 3.05) is 36.5 Å². The van der Waals surface area contributed by atoms with Crippen molar-refractivity contribution < 1.29 is 27.2 Å². The number of benzene rings is 1. The number of halogens is 3. The van der Waals surface area contributed by atoms with Crippen LogP contribution < -0.4 is 10.2 Å². The summed E-state index contributed by atoms with van der Waals surface area (Å²) in [5, 5.41) is 6.29. The lowest BCUT2D eigenvalue weighted by molar-refractivity contribution is -0.137. The third kappa shape index (κ3) is 3.67. The number of anilines is 2. The maximum Gasteiger partial charge on any atom is 0.416 e. The zero-order valence-corrected chi connectivity index (χ0v) is 14.3. The van der Waals surface area contributed by atoms with Gasteiger partial charge >= 0.3 is 6.18 Å². The molecule has 0 radical (unpaired) electrons. The monoisotopic (exact) mass is 369 g/mol. The normalized spacial score (nSPS) is 15.2. The van der Waals surface area contributed by atoms with E-state index in [2.05, 4.69) is 10.5 Å². The second-order valence-electron chi connectivity index (χ2n) is 5.98. The molecular weight excluding hydrogens is 351 g/mol. The fourth-order valence-corrected chi connectivity index (χ4v) is 2.88. The van der Waals surface area contributed by atoms with Gasteiger partial charge in [0.15, 0.2) is 0 Å². The molecule has 1 aliphatic heterocycles. The highest BCUT2D eigenvalue weighted by atomic mass is 19.4. The highest BCUT2D eigenvalue weighted by Crippen LogP contribution is 2.36. The van der Waals surface area contributed by atoms with Crippen LogP contribution in [0.25, 0.3) is 0 Å². The maximum absolute atomic E-state index is 13.1. The molecule has 26 heavy (non-hydrogen) atoms. The molecule has 1 aromatic heterocycles. The zero-order chi connectivity index (χ0) is 18.9. The van der Waals surface area contributed by atoms with Gasteiger partial charge < -0.3 is 19.5 Å². The van der Waals surface area contributed by atoms with Gasteiger partial charge in [-0.1, -0.05) is 5.16 Å². The van der Waals surface area contributed by atoms with Gasteiger partial charge in [0.2, 0.25) is 0 Å². The smallest absolute Gasteiger partial charge is 0.378 e. The quantitative estimate of drug-likeness (QED) is 0.898. The molecule has 9 heteroatoms. The van der Waals surface area contributed by atoms with E-state index >= 15 is 0 Å². The fourth-order valence-electron chi connectivity index (χ4n) is 2.88. The Balaban J connectivity index is 1.97. The summed E-state index contributed by atoms with van der Waals surface area (Å²) in [4.78, 5) is 14.5. The SMILES string of the molecule is Cc1noc(C)c1C(=O)Nc1cc(C(F)(F)F)ccc1N1CCOCC1. The van der Waals surface area contributed by atoms with E-state index in [4.69, 9.17) is 9.26 Å². The number of alkyl halides is 3. The molecule has 1 aromatic carbocycles. The first-order chi connectivity index (χ1) is 12.3. The molecule has 1 saturated heterocycles. The third-order valence-electron chi connectivity index (χ3n) is 4.18. The number of nitrogens with zero attached hydrogens (tertiary/aromatic N) is 2. The van der Waals surface area contributed by atoms with Crippen LogP contribution in [0.2, 0.25) is 0 Å². The van der Waals surface area contributed by atoms with Gasteiger partial charge in [0.05, 0.1) is 35.8 Å². The van der Waals surface area contributed by atoms with Gasteiger partial charge in [0.1, 0.15) is 11.3 Å². The number of morpholine rings is 1. The van der Waals surface area contributed by atoms with Crippen LogP contribution in [0.1, 0.15) is 27.4 Å². The first kappa shape index (κ1) is 18.2. The molecule has 0 saturated carbocycles. The molecule has 1 N–H and O–H groups in total. The first-order valence-electron chi connectivity index (χ1n) is 8.05. The Morgan fingerprint density at radius 3 is 2.50 bits per heavy atom. The Hall–Kier alpha value is -2.55. The number of hydrogen-bond acceptors (Lipinski definition) is 5. The minimum absolute atomic E-state index is 0.0896. The molecule has 0 spiro atoms. The minimum atomic E-state index is -4.51. The Morgan fingerprint density at radius 1 is 1.23 bits per heavy atom. The number of amides is 1. The number of hydrogen-bond donors (Lipinski definition) is 1. The van der Waals surface area contributed by atoms with Crippen molar-refractivity contribution in [3.8, 4) is 0 Å². The predicted molar refractivity (Wildman–Crippen MR) is 88.4 cm³/mol. The highest BCUT2D eigenvalue weighted by molar-refractivity contribution is 6.07. The Labute approximate surface area is 147 Å². The molecule has 0 aliphatic carbocycles. The molecular formula is C17H18F3N3O3. The average Bonchev–Trinajstić information content (AvgIpc) is 2.93. The van der Waals surface area contributed by atoms with E-state index < -0.39 is 17.6 Å². The van der Waals surface area contributed by atoms with Crippen molar-refractivity contribution in [3.63, 3.8) is 0 Å². The molecule has 3 rings (SSSR count). The second-order valence-corrected chi connectivity index (χ2v) is 5.98. The van der Waals surface area contributed by atoms with Crippen molar-refractivity contribution in [1.29, 1.82) is 0 Å². The van der Waals surface area contributed by atoms with E-state index in [0.717, 1.165) is 12.1 Å². The van der Waals surface area contributed by atoms with Crippen LogP contribution in [0, 0.1) is 13.8 Å². The number of nitrogens with one attached hydrogen (secondary N) is 1. The molecule has 1 aliphatic rings. The van der Waals surface area contributed by atoms with Crippen molar-refractivity contribution in [3.05, 3.63) is 40.8 Å². The van der Waals surface area contributed by atoms with Gasteiger partial charge in [-0.3, -0.25) is 4.79 Å². The molecule has 140 valence electrons. The average molecular weight is 369 g/mol. The van der Waals surface area contributed by atoms with Gasteiger partial charge in [-0.25, -0.2) is 0 Å². The standard InChI is InChI=1S/C17H18F3N3O3/c1-10-15(11(2)26-22-10)16(24)21-13-9-12(17(18,19)20)3-4-14(13)23-5-7-25-8-6-23/h3-4,9H,5-8H2,1-2H3,(H,21,24). The van der Waals surface area contributed by atoms with Gasteiger partial charge in [-0.2, -0.15) is 13.2 Å². The lowest BCUT2D eigenvalue weighted by atomic mass is 10.1. The lowest BCUT2D eigenvalue weighted by Gasteiger charge is -2.31. The van der Waals surface area contributed by atoms with Gasteiger partial charge in [0.25, 0.3) is 5.91 Å². The van der Waals surface area contributed by atoms with E-state index in [1.54, 1.807) is 13.8 Å². The van der Waals surface area contributed by atoms with Crippen LogP contribution in [0.5, 0.6) is 0 Å². The lowest BCUT2D eigenvalue weighted by Crippen LogP contribution is -2.37. The van der Waals surface area contributed by atoms with E-state index in [-0.39, 0.29) is 11.3 Å². The summed E-state index contributed by atoms with van der Waals surface area (Å²) in [6.45, 7) is 5.17. The number of ether oxygens (including phenoxy) is 1. The minimum Gasteiger partial charge on any atom is -0.378 e. The number of aromatic nitrogens is 1. The fraction of sp³-hybridized carbons (Fsp3) is 0.412. The van der Waals surface area contributed by atoms with E-state index in [1.807, 2.05) is 4.90 Å². The topological polar surface area (TPSA) is 67.6 Å². The predicted octanol–water partition coefficient (Wildman–Crippen LogP) is 3.40. The number of aryl methyl sites for hydroxylation is 2. The van der Waals surface area contributed by atoms with Crippen LogP contribution >= 0.6 is 0 Å². The molecule has 6 nitrogen and oxygen atoms in total. The summed E-state index contributed by atoms with van der Waals surface area (Å²) < 4.78 is 49.6.